The lowest BCUT2D eigenvalue weighted by Gasteiger charge is -2.11. The first kappa shape index (κ1) is 11.9. The van der Waals surface area contributed by atoms with Gasteiger partial charge in [0.15, 0.2) is 0 Å². The highest BCUT2D eigenvalue weighted by molar-refractivity contribution is 9.11. The molecular formula is C12H10Br2O2. The fraction of sp³-hybridized carbons (Fsp3) is 0.167. The number of hydrogen-bond donors (Lipinski definition) is 1. The normalized spacial score (nSPS) is 12.8. The largest absolute Gasteiger partial charge is 0.469 e. The molecule has 0 fully saturated rings. The van der Waals surface area contributed by atoms with E-state index >= 15 is 0 Å². The Hall–Kier alpha value is -0.580. The minimum Gasteiger partial charge on any atom is -0.469 e. The van der Waals surface area contributed by atoms with Gasteiger partial charge in [0.1, 0.15) is 11.9 Å². The van der Waals surface area contributed by atoms with Gasteiger partial charge in [0, 0.05) is 20.1 Å². The molecule has 0 saturated carbocycles. The van der Waals surface area contributed by atoms with Crippen LogP contribution in [0.5, 0.6) is 0 Å². The van der Waals surface area contributed by atoms with E-state index in [4.69, 9.17) is 4.42 Å². The number of benzene rings is 1. The molecule has 0 aliphatic heterocycles. The van der Waals surface area contributed by atoms with Crippen molar-refractivity contribution in [2.24, 2.45) is 0 Å². The van der Waals surface area contributed by atoms with Crippen LogP contribution in [0.2, 0.25) is 0 Å². The Labute approximate surface area is 111 Å². The number of furan rings is 1. The van der Waals surface area contributed by atoms with Crippen LogP contribution in [-0.2, 0) is 0 Å². The highest BCUT2D eigenvalue weighted by Crippen LogP contribution is 2.31. The number of aliphatic hydroxyl groups is 1. The van der Waals surface area contributed by atoms with Gasteiger partial charge in [0.25, 0.3) is 0 Å². The first-order valence-electron chi connectivity index (χ1n) is 4.76. The van der Waals surface area contributed by atoms with E-state index in [-0.39, 0.29) is 0 Å². The molecule has 1 heterocycles. The van der Waals surface area contributed by atoms with Crippen molar-refractivity contribution in [3.05, 3.63) is 56.4 Å². The zero-order chi connectivity index (χ0) is 11.7. The first-order chi connectivity index (χ1) is 7.58. The van der Waals surface area contributed by atoms with E-state index in [2.05, 4.69) is 31.9 Å². The molecule has 2 aromatic rings. The second-order valence-corrected chi connectivity index (χ2v) is 5.33. The minimum atomic E-state index is -0.677. The van der Waals surface area contributed by atoms with Crippen LogP contribution in [-0.4, -0.2) is 5.11 Å². The number of aryl methyl sites for hydroxylation is 1. The van der Waals surface area contributed by atoms with Crippen LogP contribution in [0.4, 0.5) is 0 Å². The topological polar surface area (TPSA) is 33.4 Å². The summed E-state index contributed by atoms with van der Waals surface area (Å²) in [5, 5.41) is 10.2. The number of hydrogen-bond acceptors (Lipinski definition) is 2. The fourth-order valence-electron chi connectivity index (χ4n) is 1.51. The molecule has 16 heavy (non-hydrogen) atoms. The Morgan fingerprint density at radius 3 is 2.62 bits per heavy atom. The van der Waals surface area contributed by atoms with Crippen molar-refractivity contribution in [2.45, 2.75) is 13.0 Å². The zero-order valence-electron chi connectivity index (χ0n) is 8.58. The Morgan fingerprint density at radius 1 is 1.25 bits per heavy atom. The van der Waals surface area contributed by atoms with Gasteiger partial charge < -0.3 is 9.52 Å². The maximum absolute atomic E-state index is 10.2. The van der Waals surface area contributed by atoms with Crippen molar-refractivity contribution < 1.29 is 9.52 Å². The number of aliphatic hydroxyl groups excluding tert-OH is 1. The third-order valence-electron chi connectivity index (χ3n) is 2.32. The summed E-state index contributed by atoms with van der Waals surface area (Å²) in [6, 6.07) is 7.53. The average Bonchev–Trinajstić information content (AvgIpc) is 2.67. The molecule has 0 aliphatic rings. The average molecular weight is 346 g/mol. The standard InChI is InChI=1S/C12H10Br2O2/c1-7-4-8(6-16-7)12(15)10-5-9(13)2-3-11(10)14/h2-6,12,15H,1H3. The predicted molar refractivity (Wildman–Crippen MR) is 69.3 cm³/mol. The Balaban J connectivity index is 2.40. The molecule has 0 aliphatic carbocycles. The van der Waals surface area contributed by atoms with Gasteiger partial charge in [0.2, 0.25) is 0 Å². The van der Waals surface area contributed by atoms with Gasteiger partial charge in [-0.25, -0.2) is 0 Å². The summed E-state index contributed by atoms with van der Waals surface area (Å²) in [7, 11) is 0. The summed E-state index contributed by atoms with van der Waals surface area (Å²) in [6.45, 7) is 1.85. The molecule has 0 saturated heterocycles. The number of halogens is 2. The second-order valence-electron chi connectivity index (χ2n) is 3.56. The van der Waals surface area contributed by atoms with Crippen molar-refractivity contribution in [1.29, 1.82) is 0 Å². The molecule has 2 rings (SSSR count). The molecule has 1 N–H and O–H groups in total. The molecule has 0 amide bonds. The van der Waals surface area contributed by atoms with E-state index in [1.165, 1.54) is 0 Å². The molecule has 0 bridgehead atoms. The fourth-order valence-corrected chi connectivity index (χ4v) is 2.35. The highest BCUT2D eigenvalue weighted by Gasteiger charge is 2.15. The minimum absolute atomic E-state index is 0.677. The van der Waals surface area contributed by atoms with Crippen molar-refractivity contribution in [3.8, 4) is 0 Å². The predicted octanol–water partition coefficient (Wildman–Crippen LogP) is 4.19. The Bertz CT molecular complexity index is 505. The van der Waals surface area contributed by atoms with E-state index in [0.717, 1.165) is 25.8 Å². The highest BCUT2D eigenvalue weighted by atomic mass is 79.9. The Kier molecular flexibility index (Phi) is 3.52. The van der Waals surface area contributed by atoms with E-state index in [0.29, 0.717) is 0 Å². The van der Waals surface area contributed by atoms with Gasteiger partial charge in [-0.1, -0.05) is 31.9 Å². The van der Waals surface area contributed by atoms with Crippen molar-refractivity contribution in [1.82, 2.24) is 0 Å². The molecule has 1 aromatic heterocycles. The molecule has 2 nitrogen and oxygen atoms in total. The quantitative estimate of drug-likeness (QED) is 0.885. The van der Waals surface area contributed by atoms with Gasteiger partial charge in [0.05, 0.1) is 6.26 Å². The first-order valence-corrected chi connectivity index (χ1v) is 6.34. The maximum Gasteiger partial charge on any atom is 0.108 e. The molecule has 0 spiro atoms. The van der Waals surface area contributed by atoms with Crippen LogP contribution in [0.3, 0.4) is 0 Å². The number of rotatable bonds is 2. The van der Waals surface area contributed by atoms with Gasteiger partial charge in [-0.05, 0) is 31.2 Å². The summed E-state index contributed by atoms with van der Waals surface area (Å²) >= 11 is 6.81. The molecule has 4 heteroatoms. The van der Waals surface area contributed by atoms with Crippen LogP contribution < -0.4 is 0 Å². The van der Waals surface area contributed by atoms with Crippen molar-refractivity contribution >= 4 is 31.9 Å². The molecule has 0 radical (unpaired) electrons. The van der Waals surface area contributed by atoms with Crippen LogP contribution in [0, 0.1) is 6.92 Å². The second kappa shape index (κ2) is 4.73. The summed E-state index contributed by atoms with van der Waals surface area (Å²) in [4.78, 5) is 0. The Morgan fingerprint density at radius 2 is 2.00 bits per heavy atom. The SMILES string of the molecule is Cc1cc(C(O)c2cc(Br)ccc2Br)co1. The summed E-state index contributed by atoms with van der Waals surface area (Å²) in [5.74, 6) is 0.792. The van der Waals surface area contributed by atoms with Crippen molar-refractivity contribution in [3.63, 3.8) is 0 Å². The van der Waals surface area contributed by atoms with Gasteiger partial charge in [-0.15, -0.1) is 0 Å². The summed E-state index contributed by atoms with van der Waals surface area (Å²) < 4.78 is 7.00. The monoisotopic (exact) mass is 344 g/mol. The third kappa shape index (κ3) is 2.39. The van der Waals surface area contributed by atoms with Crippen LogP contribution >= 0.6 is 31.9 Å². The molecule has 1 aromatic carbocycles. The van der Waals surface area contributed by atoms with E-state index < -0.39 is 6.10 Å². The molecular weight excluding hydrogens is 336 g/mol. The van der Waals surface area contributed by atoms with E-state index in [9.17, 15) is 5.11 Å². The molecule has 1 atom stereocenters. The van der Waals surface area contributed by atoms with Crippen LogP contribution in [0.25, 0.3) is 0 Å². The molecule has 1 unspecified atom stereocenters. The van der Waals surface area contributed by atoms with E-state index in [1.807, 2.05) is 31.2 Å². The van der Waals surface area contributed by atoms with Gasteiger partial charge in [-0.3, -0.25) is 0 Å². The maximum atomic E-state index is 10.2. The molecule has 84 valence electrons. The summed E-state index contributed by atoms with van der Waals surface area (Å²) in [5.41, 5.74) is 1.58. The van der Waals surface area contributed by atoms with Gasteiger partial charge in [-0.2, -0.15) is 0 Å². The lowest BCUT2D eigenvalue weighted by molar-refractivity contribution is 0.218. The zero-order valence-corrected chi connectivity index (χ0v) is 11.7. The van der Waals surface area contributed by atoms with Crippen molar-refractivity contribution in [2.75, 3.05) is 0 Å². The van der Waals surface area contributed by atoms with Crippen LogP contribution in [0.15, 0.2) is 43.9 Å². The lowest BCUT2D eigenvalue weighted by Crippen LogP contribution is -1.99. The lowest BCUT2D eigenvalue weighted by atomic mass is 10.0. The summed E-state index contributed by atoms with van der Waals surface area (Å²) in [6.07, 6.45) is 0.900. The van der Waals surface area contributed by atoms with Gasteiger partial charge >= 0.3 is 0 Å². The third-order valence-corrected chi connectivity index (χ3v) is 3.53. The smallest absolute Gasteiger partial charge is 0.108 e. The van der Waals surface area contributed by atoms with E-state index in [1.54, 1.807) is 6.26 Å². The van der Waals surface area contributed by atoms with Crippen LogP contribution in [0.1, 0.15) is 23.0 Å².